The molecule has 0 saturated carbocycles. The number of carbonyl (C=O) groups excluding carboxylic acids is 1. The standard InChI is InChI=1S/C13H15F3N2O4/c1-8(19)5-6-17(2)12(20)10-4-3-9(13(14,15)16)7-11(10)18(21)22/h3-4,7-8,19H,5-6H2,1-2H3. The van der Waals surface area contributed by atoms with Gasteiger partial charge in [0, 0.05) is 19.7 Å². The predicted octanol–water partition coefficient (Wildman–Crippen LogP) is 2.46. The number of nitro groups is 1. The lowest BCUT2D eigenvalue weighted by Crippen LogP contribution is -2.30. The van der Waals surface area contributed by atoms with Gasteiger partial charge in [-0.05, 0) is 25.5 Å². The summed E-state index contributed by atoms with van der Waals surface area (Å²) in [6.07, 6.45) is -5.15. The van der Waals surface area contributed by atoms with Crippen molar-refractivity contribution in [3.63, 3.8) is 0 Å². The summed E-state index contributed by atoms with van der Waals surface area (Å²) in [5, 5.41) is 20.1. The Kier molecular flexibility index (Phi) is 5.48. The molecule has 22 heavy (non-hydrogen) atoms. The van der Waals surface area contributed by atoms with Crippen LogP contribution in [0.5, 0.6) is 0 Å². The van der Waals surface area contributed by atoms with Crippen LogP contribution in [0.25, 0.3) is 0 Å². The van der Waals surface area contributed by atoms with Crippen molar-refractivity contribution < 1.29 is 28.0 Å². The highest BCUT2D eigenvalue weighted by atomic mass is 19.4. The number of carbonyl (C=O) groups is 1. The second kappa shape index (κ2) is 6.73. The van der Waals surface area contributed by atoms with Crippen molar-refractivity contribution in [2.24, 2.45) is 0 Å². The van der Waals surface area contributed by atoms with Crippen LogP contribution in [-0.4, -0.2) is 40.5 Å². The van der Waals surface area contributed by atoms with Gasteiger partial charge in [-0.3, -0.25) is 14.9 Å². The Balaban J connectivity index is 3.13. The van der Waals surface area contributed by atoms with E-state index in [1.165, 1.54) is 14.0 Å². The Labute approximate surface area is 124 Å². The second-order valence-electron chi connectivity index (χ2n) is 4.85. The van der Waals surface area contributed by atoms with E-state index in [-0.39, 0.29) is 13.0 Å². The van der Waals surface area contributed by atoms with E-state index in [1.807, 2.05) is 0 Å². The smallest absolute Gasteiger partial charge is 0.393 e. The second-order valence-corrected chi connectivity index (χ2v) is 4.85. The number of nitrogens with zero attached hydrogens (tertiary/aromatic N) is 2. The average molecular weight is 320 g/mol. The zero-order valence-electron chi connectivity index (χ0n) is 11.9. The zero-order chi connectivity index (χ0) is 17.1. The molecule has 1 unspecified atom stereocenters. The molecule has 1 atom stereocenters. The van der Waals surface area contributed by atoms with E-state index in [9.17, 15) is 28.1 Å². The lowest BCUT2D eigenvalue weighted by Gasteiger charge is -2.18. The molecule has 0 spiro atoms. The fraction of sp³-hybridized carbons (Fsp3) is 0.462. The number of alkyl halides is 3. The van der Waals surface area contributed by atoms with Crippen LogP contribution in [-0.2, 0) is 6.18 Å². The van der Waals surface area contributed by atoms with E-state index in [0.29, 0.717) is 12.1 Å². The molecule has 1 amide bonds. The van der Waals surface area contributed by atoms with Gasteiger partial charge in [0.05, 0.1) is 16.6 Å². The molecule has 1 aromatic carbocycles. The molecule has 0 fully saturated rings. The van der Waals surface area contributed by atoms with Gasteiger partial charge in [-0.25, -0.2) is 0 Å². The Bertz CT molecular complexity index is 573. The van der Waals surface area contributed by atoms with Crippen LogP contribution in [0.1, 0.15) is 29.3 Å². The SMILES string of the molecule is CC(O)CCN(C)C(=O)c1ccc(C(F)(F)F)cc1[N+](=O)[O-]. The minimum absolute atomic E-state index is 0.120. The first-order chi connectivity index (χ1) is 10.0. The number of nitro benzene ring substituents is 1. The molecular weight excluding hydrogens is 305 g/mol. The molecule has 122 valence electrons. The summed E-state index contributed by atoms with van der Waals surface area (Å²) >= 11 is 0. The Hall–Kier alpha value is -2.16. The molecule has 1 rings (SSSR count). The highest BCUT2D eigenvalue weighted by Gasteiger charge is 2.34. The third-order valence-electron chi connectivity index (χ3n) is 2.98. The van der Waals surface area contributed by atoms with Crippen molar-refractivity contribution in [1.82, 2.24) is 4.90 Å². The number of hydrogen-bond acceptors (Lipinski definition) is 4. The predicted molar refractivity (Wildman–Crippen MR) is 71.4 cm³/mol. The lowest BCUT2D eigenvalue weighted by molar-refractivity contribution is -0.385. The number of halogens is 3. The Morgan fingerprint density at radius 3 is 2.50 bits per heavy atom. The molecule has 0 heterocycles. The maximum Gasteiger partial charge on any atom is 0.416 e. The van der Waals surface area contributed by atoms with Gasteiger partial charge in [0.1, 0.15) is 5.56 Å². The Morgan fingerprint density at radius 2 is 2.05 bits per heavy atom. The van der Waals surface area contributed by atoms with Crippen molar-refractivity contribution in [2.45, 2.75) is 25.6 Å². The van der Waals surface area contributed by atoms with Gasteiger partial charge in [-0.1, -0.05) is 0 Å². The molecule has 9 heteroatoms. The van der Waals surface area contributed by atoms with Crippen molar-refractivity contribution in [3.8, 4) is 0 Å². The van der Waals surface area contributed by atoms with Gasteiger partial charge in [0.2, 0.25) is 0 Å². The lowest BCUT2D eigenvalue weighted by atomic mass is 10.1. The highest BCUT2D eigenvalue weighted by molar-refractivity contribution is 5.98. The summed E-state index contributed by atoms with van der Waals surface area (Å²) in [6, 6.07) is 1.76. The van der Waals surface area contributed by atoms with Crippen LogP contribution in [0, 0.1) is 10.1 Å². The van der Waals surface area contributed by atoms with E-state index in [2.05, 4.69) is 0 Å². The van der Waals surface area contributed by atoms with Gasteiger partial charge in [0.15, 0.2) is 0 Å². The normalized spacial score (nSPS) is 12.8. The number of aliphatic hydroxyl groups is 1. The van der Waals surface area contributed by atoms with E-state index >= 15 is 0 Å². The zero-order valence-corrected chi connectivity index (χ0v) is 11.9. The molecule has 0 aliphatic rings. The average Bonchev–Trinajstić information content (AvgIpc) is 2.42. The number of rotatable bonds is 5. The van der Waals surface area contributed by atoms with E-state index in [1.54, 1.807) is 0 Å². The molecule has 0 bridgehead atoms. The van der Waals surface area contributed by atoms with Crippen LogP contribution >= 0.6 is 0 Å². The molecule has 1 N–H and O–H groups in total. The molecule has 0 aliphatic carbocycles. The van der Waals surface area contributed by atoms with Crippen LogP contribution in [0.4, 0.5) is 18.9 Å². The van der Waals surface area contributed by atoms with E-state index in [0.717, 1.165) is 11.0 Å². The van der Waals surface area contributed by atoms with Crippen LogP contribution in [0.15, 0.2) is 18.2 Å². The molecule has 0 saturated heterocycles. The number of amides is 1. The monoisotopic (exact) mass is 320 g/mol. The number of hydrogen-bond donors (Lipinski definition) is 1. The third kappa shape index (κ3) is 4.42. The summed E-state index contributed by atoms with van der Waals surface area (Å²) in [5.74, 6) is -0.777. The van der Waals surface area contributed by atoms with Crippen molar-refractivity contribution in [1.29, 1.82) is 0 Å². The molecule has 0 radical (unpaired) electrons. The fourth-order valence-electron chi connectivity index (χ4n) is 1.73. The van der Waals surface area contributed by atoms with Gasteiger partial charge in [-0.15, -0.1) is 0 Å². The minimum Gasteiger partial charge on any atom is -0.393 e. The first kappa shape index (κ1) is 17.9. The largest absolute Gasteiger partial charge is 0.416 e. The maximum atomic E-state index is 12.6. The summed E-state index contributed by atoms with van der Waals surface area (Å²) in [5.41, 5.74) is -2.52. The quantitative estimate of drug-likeness (QED) is 0.667. The summed E-state index contributed by atoms with van der Waals surface area (Å²) in [6.45, 7) is 1.63. The molecule has 0 aromatic heterocycles. The number of benzene rings is 1. The first-order valence-corrected chi connectivity index (χ1v) is 6.33. The van der Waals surface area contributed by atoms with Crippen LogP contribution < -0.4 is 0 Å². The summed E-state index contributed by atoms with van der Waals surface area (Å²) in [4.78, 5) is 23.1. The van der Waals surface area contributed by atoms with Crippen LogP contribution in [0.2, 0.25) is 0 Å². The van der Waals surface area contributed by atoms with Crippen molar-refractivity contribution in [3.05, 3.63) is 39.4 Å². The summed E-state index contributed by atoms with van der Waals surface area (Å²) in [7, 11) is 1.35. The minimum atomic E-state index is -4.73. The Morgan fingerprint density at radius 1 is 1.45 bits per heavy atom. The van der Waals surface area contributed by atoms with E-state index < -0.39 is 39.9 Å². The van der Waals surface area contributed by atoms with E-state index in [4.69, 9.17) is 5.11 Å². The number of aliphatic hydroxyl groups excluding tert-OH is 1. The van der Waals surface area contributed by atoms with Gasteiger partial charge >= 0.3 is 6.18 Å². The third-order valence-corrected chi connectivity index (χ3v) is 2.98. The molecular formula is C13H15F3N2O4. The fourth-order valence-corrected chi connectivity index (χ4v) is 1.73. The maximum absolute atomic E-state index is 12.6. The van der Waals surface area contributed by atoms with Crippen molar-refractivity contribution in [2.75, 3.05) is 13.6 Å². The van der Waals surface area contributed by atoms with Crippen molar-refractivity contribution >= 4 is 11.6 Å². The molecule has 0 aliphatic heterocycles. The highest BCUT2D eigenvalue weighted by Crippen LogP contribution is 2.33. The van der Waals surface area contributed by atoms with Gasteiger partial charge in [0.25, 0.3) is 11.6 Å². The van der Waals surface area contributed by atoms with Gasteiger partial charge in [-0.2, -0.15) is 13.2 Å². The molecule has 1 aromatic rings. The molecule has 6 nitrogen and oxygen atoms in total. The first-order valence-electron chi connectivity index (χ1n) is 6.33. The van der Waals surface area contributed by atoms with Gasteiger partial charge < -0.3 is 10.0 Å². The summed E-state index contributed by atoms with van der Waals surface area (Å²) < 4.78 is 37.8. The topological polar surface area (TPSA) is 83.7 Å². The van der Waals surface area contributed by atoms with Crippen LogP contribution in [0.3, 0.4) is 0 Å².